The summed E-state index contributed by atoms with van der Waals surface area (Å²) in [6, 6.07) is 7.20. The molecule has 2 fully saturated rings. The Morgan fingerprint density at radius 1 is 1.21 bits per heavy atom. The smallest absolute Gasteiger partial charge is 0.191 e. The number of likely N-dealkylation sites (tertiary alicyclic amines) is 1. The normalized spacial score (nSPS) is 19.3. The van der Waals surface area contributed by atoms with Gasteiger partial charge in [-0.05, 0) is 49.8 Å². The number of rotatable bonds is 6. The van der Waals surface area contributed by atoms with Crippen LogP contribution in [0.4, 0.5) is 0 Å². The molecule has 2 N–H and O–H groups in total. The number of piperidine rings is 1. The first-order chi connectivity index (χ1) is 13.2. The van der Waals surface area contributed by atoms with Crippen LogP contribution in [0.5, 0.6) is 5.75 Å². The van der Waals surface area contributed by atoms with E-state index in [2.05, 4.69) is 20.5 Å². The van der Waals surface area contributed by atoms with E-state index in [1.54, 1.807) is 7.11 Å². The molecule has 1 aromatic carbocycles. The zero-order chi connectivity index (χ0) is 19.1. The fraction of sp³-hybridized carbons (Fsp3) is 0.667. The third kappa shape index (κ3) is 6.66. The molecule has 7 heteroatoms. The summed E-state index contributed by atoms with van der Waals surface area (Å²) in [5.41, 5.74) is 1.12. The molecule has 0 amide bonds. The number of guanidine groups is 1. The van der Waals surface area contributed by atoms with Crippen molar-refractivity contribution in [2.45, 2.75) is 57.0 Å². The van der Waals surface area contributed by atoms with Crippen molar-refractivity contribution >= 4 is 41.5 Å². The van der Waals surface area contributed by atoms with E-state index in [0.717, 1.165) is 41.3 Å². The molecule has 0 atom stereocenters. The second-order valence-corrected chi connectivity index (χ2v) is 8.01. The van der Waals surface area contributed by atoms with E-state index in [9.17, 15) is 0 Å². The molecule has 1 saturated carbocycles. The van der Waals surface area contributed by atoms with Crippen LogP contribution in [-0.4, -0.2) is 56.7 Å². The molecule has 0 spiro atoms. The van der Waals surface area contributed by atoms with Gasteiger partial charge in [-0.1, -0.05) is 30.5 Å². The number of nitrogens with one attached hydrogen (secondary N) is 2. The van der Waals surface area contributed by atoms with Crippen molar-refractivity contribution in [2.75, 3.05) is 33.8 Å². The summed E-state index contributed by atoms with van der Waals surface area (Å²) in [6.07, 6.45) is 8.87. The van der Waals surface area contributed by atoms with Gasteiger partial charge in [0, 0.05) is 43.8 Å². The average molecular weight is 521 g/mol. The number of halogens is 2. The molecule has 1 heterocycles. The zero-order valence-electron chi connectivity index (χ0n) is 17.0. The van der Waals surface area contributed by atoms with Crippen LogP contribution in [0.1, 0.15) is 44.1 Å². The number of nitrogens with zero attached hydrogens (tertiary/aromatic N) is 2. The fourth-order valence-electron chi connectivity index (χ4n) is 4.24. The predicted molar refractivity (Wildman–Crippen MR) is 128 cm³/mol. The third-order valence-corrected chi connectivity index (χ3v) is 6.23. The Morgan fingerprint density at radius 2 is 1.93 bits per heavy atom. The highest BCUT2D eigenvalue weighted by atomic mass is 127. The molecular formula is C21H34ClIN4O. The van der Waals surface area contributed by atoms with Crippen molar-refractivity contribution in [3.05, 3.63) is 28.8 Å². The highest BCUT2D eigenvalue weighted by Gasteiger charge is 2.27. The number of methoxy groups -OCH3 is 1. The number of benzene rings is 1. The average Bonchev–Trinajstić information content (AvgIpc) is 3.23. The first kappa shape index (κ1) is 23.5. The molecule has 2 aliphatic rings. The minimum absolute atomic E-state index is 0. The van der Waals surface area contributed by atoms with Crippen molar-refractivity contribution in [1.29, 1.82) is 0 Å². The maximum absolute atomic E-state index is 6.32. The van der Waals surface area contributed by atoms with E-state index in [1.165, 1.54) is 51.6 Å². The molecule has 0 unspecified atom stereocenters. The van der Waals surface area contributed by atoms with Gasteiger partial charge < -0.3 is 20.3 Å². The first-order valence-electron chi connectivity index (χ1n) is 10.2. The van der Waals surface area contributed by atoms with Crippen LogP contribution in [0.2, 0.25) is 5.02 Å². The lowest BCUT2D eigenvalue weighted by molar-refractivity contribution is 0.150. The quantitative estimate of drug-likeness (QED) is 0.337. The van der Waals surface area contributed by atoms with Crippen LogP contribution >= 0.6 is 35.6 Å². The number of hydrogen-bond donors (Lipinski definition) is 2. The molecular weight excluding hydrogens is 487 g/mol. The first-order valence-corrected chi connectivity index (χ1v) is 10.6. The Morgan fingerprint density at radius 3 is 2.54 bits per heavy atom. The summed E-state index contributed by atoms with van der Waals surface area (Å²) < 4.78 is 5.20. The summed E-state index contributed by atoms with van der Waals surface area (Å²) in [4.78, 5) is 7.09. The van der Waals surface area contributed by atoms with Crippen molar-refractivity contribution in [1.82, 2.24) is 15.5 Å². The molecule has 5 nitrogen and oxygen atoms in total. The summed E-state index contributed by atoms with van der Waals surface area (Å²) >= 11 is 6.32. The van der Waals surface area contributed by atoms with Crippen LogP contribution in [0.25, 0.3) is 0 Å². The van der Waals surface area contributed by atoms with E-state index >= 15 is 0 Å². The molecule has 1 saturated heterocycles. The Bertz CT molecular complexity index is 629. The molecule has 158 valence electrons. The van der Waals surface area contributed by atoms with Gasteiger partial charge in [-0.15, -0.1) is 24.0 Å². The minimum atomic E-state index is 0. The Balaban J connectivity index is 0.00000280. The molecule has 0 aromatic heterocycles. The minimum Gasteiger partial charge on any atom is -0.497 e. The van der Waals surface area contributed by atoms with Gasteiger partial charge >= 0.3 is 0 Å². The maximum atomic E-state index is 6.32. The lowest BCUT2D eigenvalue weighted by atomic mass is 10.0. The van der Waals surface area contributed by atoms with Crippen LogP contribution < -0.4 is 15.4 Å². The van der Waals surface area contributed by atoms with Gasteiger partial charge in [-0.2, -0.15) is 0 Å². The van der Waals surface area contributed by atoms with Crippen LogP contribution in [0.3, 0.4) is 0 Å². The summed E-state index contributed by atoms with van der Waals surface area (Å²) in [6.45, 7) is 3.22. The Labute approximate surface area is 191 Å². The highest BCUT2D eigenvalue weighted by Crippen LogP contribution is 2.26. The topological polar surface area (TPSA) is 48.9 Å². The third-order valence-electron chi connectivity index (χ3n) is 5.88. The van der Waals surface area contributed by atoms with E-state index in [-0.39, 0.29) is 24.0 Å². The number of hydrogen-bond acceptors (Lipinski definition) is 3. The standard InChI is InChI=1S/C21H33ClN4O.HI/c1-23-21(24-12-9-16-7-8-19(27-2)15-20(16)22)25-17-10-13-26(14-11-17)18-5-3-4-6-18;/h7-8,15,17-18H,3-6,9-14H2,1-2H3,(H2,23,24,25);1H. The van der Waals surface area contributed by atoms with Gasteiger partial charge in [-0.25, -0.2) is 0 Å². The molecule has 3 rings (SSSR count). The SMILES string of the molecule is CN=C(NCCc1ccc(OC)cc1Cl)NC1CCN(C2CCCC2)CC1.I. The van der Waals surface area contributed by atoms with Gasteiger partial charge in [0.25, 0.3) is 0 Å². The van der Waals surface area contributed by atoms with E-state index < -0.39 is 0 Å². The summed E-state index contributed by atoms with van der Waals surface area (Å²) in [5, 5.41) is 7.77. The lowest BCUT2D eigenvalue weighted by Gasteiger charge is -2.36. The summed E-state index contributed by atoms with van der Waals surface area (Å²) in [5.74, 6) is 1.68. The van der Waals surface area contributed by atoms with Gasteiger partial charge in [0.2, 0.25) is 0 Å². The highest BCUT2D eigenvalue weighted by molar-refractivity contribution is 14.0. The van der Waals surface area contributed by atoms with Crippen molar-refractivity contribution in [3.63, 3.8) is 0 Å². The van der Waals surface area contributed by atoms with Crippen molar-refractivity contribution in [2.24, 2.45) is 4.99 Å². The fourth-order valence-corrected chi connectivity index (χ4v) is 4.50. The monoisotopic (exact) mass is 520 g/mol. The van der Waals surface area contributed by atoms with Gasteiger partial charge in [-0.3, -0.25) is 4.99 Å². The molecule has 1 aliphatic carbocycles. The zero-order valence-corrected chi connectivity index (χ0v) is 20.1. The van der Waals surface area contributed by atoms with Crippen LogP contribution in [0.15, 0.2) is 23.2 Å². The lowest BCUT2D eigenvalue weighted by Crippen LogP contribution is -2.50. The van der Waals surface area contributed by atoms with E-state index in [4.69, 9.17) is 16.3 Å². The second kappa shape index (κ2) is 12.1. The molecule has 0 bridgehead atoms. The molecule has 1 aliphatic heterocycles. The largest absolute Gasteiger partial charge is 0.497 e. The summed E-state index contributed by atoms with van der Waals surface area (Å²) in [7, 11) is 3.49. The van der Waals surface area contributed by atoms with Crippen LogP contribution in [-0.2, 0) is 6.42 Å². The van der Waals surface area contributed by atoms with Gasteiger partial charge in [0.05, 0.1) is 7.11 Å². The predicted octanol–water partition coefficient (Wildman–Crippen LogP) is 4.08. The van der Waals surface area contributed by atoms with Crippen molar-refractivity contribution < 1.29 is 4.74 Å². The van der Waals surface area contributed by atoms with E-state index in [1.807, 2.05) is 25.2 Å². The molecule has 1 aromatic rings. The van der Waals surface area contributed by atoms with Crippen LogP contribution in [0, 0.1) is 0 Å². The molecule has 28 heavy (non-hydrogen) atoms. The van der Waals surface area contributed by atoms with Crippen molar-refractivity contribution in [3.8, 4) is 5.75 Å². The van der Waals surface area contributed by atoms with E-state index in [0.29, 0.717) is 6.04 Å². The van der Waals surface area contributed by atoms with Gasteiger partial charge in [0.15, 0.2) is 5.96 Å². The maximum Gasteiger partial charge on any atom is 0.191 e. The Kier molecular flexibility index (Phi) is 10.2. The Hall–Kier alpha value is -0.730. The molecule has 0 radical (unpaired) electrons. The number of aliphatic imine (C=N–C) groups is 1. The van der Waals surface area contributed by atoms with Gasteiger partial charge in [0.1, 0.15) is 5.75 Å². The second-order valence-electron chi connectivity index (χ2n) is 7.60. The number of ether oxygens (including phenoxy) is 1.